The maximum absolute atomic E-state index is 9.77. The molecule has 1 aliphatic rings. The largest absolute Gasteiger partial charge is 0.506 e. The number of nitrogens with zero attached hydrogens (tertiary/aromatic N) is 2. The molecule has 0 bridgehead atoms. The molecule has 1 aliphatic heterocycles. The zero-order chi connectivity index (χ0) is 12.3. The van der Waals surface area contributed by atoms with Crippen LogP contribution in [0.5, 0.6) is 5.75 Å². The van der Waals surface area contributed by atoms with Crippen LogP contribution in [0.25, 0.3) is 0 Å². The molecular weight excluding hydrogens is 216 g/mol. The molecule has 2 rings (SSSR count). The zero-order valence-corrected chi connectivity index (χ0v) is 10.5. The Bertz CT molecular complexity index is 382. The van der Waals surface area contributed by atoms with Gasteiger partial charge in [0.1, 0.15) is 5.75 Å². The van der Waals surface area contributed by atoms with Crippen LogP contribution in [0.4, 0.5) is 0 Å². The number of aromatic nitrogens is 1. The standard InChI is InChI=1S/C13H20N2O2/c1-10-5-6-13(16)12(14-10)9-15-7-3-4-11(8-15)17-2/h5-6,11,16H,3-4,7-9H2,1-2H3. The van der Waals surface area contributed by atoms with E-state index in [0.717, 1.165) is 37.3 Å². The Balaban J connectivity index is 2.02. The molecule has 1 atom stereocenters. The molecule has 17 heavy (non-hydrogen) atoms. The summed E-state index contributed by atoms with van der Waals surface area (Å²) in [5.74, 6) is 0.287. The van der Waals surface area contributed by atoms with Crippen LogP contribution >= 0.6 is 0 Å². The van der Waals surface area contributed by atoms with Gasteiger partial charge in [0, 0.05) is 25.9 Å². The Morgan fingerprint density at radius 2 is 2.35 bits per heavy atom. The molecule has 2 heterocycles. The molecule has 0 spiro atoms. The Hall–Kier alpha value is -1.13. The summed E-state index contributed by atoms with van der Waals surface area (Å²) in [6, 6.07) is 3.54. The number of pyridine rings is 1. The number of aryl methyl sites for hydroxylation is 1. The summed E-state index contributed by atoms with van der Waals surface area (Å²) in [7, 11) is 1.76. The summed E-state index contributed by atoms with van der Waals surface area (Å²) >= 11 is 0. The lowest BCUT2D eigenvalue weighted by atomic mass is 10.1. The molecule has 0 saturated carbocycles. The topological polar surface area (TPSA) is 45.6 Å². The number of hydrogen-bond donors (Lipinski definition) is 1. The van der Waals surface area contributed by atoms with Crippen LogP contribution in [0.15, 0.2) is 12.1 Å². The van der Waals surface area contributed by atoms with E-state index in [0.29, 0.717) is 12.6 Å². The molecule has 0 aromatic carbocycles. The number of piperidine rings is 1. The highest BCUT2D eigenvalue weighted by Gasteiger charge is 2.20. The fourth-order valence-corrected chi connectivity index (χ4v) is 2.28. The highest BCUT2D eigenvalue weighted by molar-refractivity contribution is 5.27. The Labute approximate surface area is 102 Å². The van der Waals surface area contributed by atoms with Gasteiger partial charge in [0.25, 0.3) is 0 Å². The maximum Gasteiger partial charge on any atom is 0.138 e. The third kappa shape index (κ3) is 3.17. The first kappa shape index (κ1) is 12.3. The van der Waals surface area contributed by atoms with Crippen molar-refractivity contribution in [2.45, 2.75) is 32.4 Å². The molecule has 1 fully saturated rings. The first-order chi connectivity index (χ1) is 8.19. The van der Waals surface area contributed by atoms with Crippen LogP contribution in [0, 0.1) is 6.92 Å². The summed E-state index contributed by atoms with van der Waals surface area (Å²) < 4.78 is 5.39. The average molecular weight is 236 g/mol. The molecule has 1 N–H and O–H groups in total. The first-order valence-electron chi connectivity index (χ1n) is 6.09. The fourth-order valence-electron chi connectivity index (χ4n) is 2.28. The lowest BCUT2D eigenvalue weighted by molar-refractivity contribution is 0.0278. The Kier molecular flexibility index (Phi) is 3.97. The highest BCUT2D eigenvalue weighted by Crippen LogP contribution is 2.20. The molecular formula is C13H20N2O2. The van der Waals surface area contributed by atoms with Crippen molar-refractivity contribution >= 4 is 0 Å². The third-order valence-electron chi connectivity index (χ3n) is 3.26. The van der Waals surface area contributed by atoms with Gasteiger partial charge in [-0.05, 0) is 38.4 Å². The number of ether oxygens (including phenoxy) is 1. The predicted molar refractivity (Wildman–Crippen MR) is 65.9 cm³/mol. The van der Waals surface area contributed by atoms with Gasteiger partial charge < -0.3 is 9.84 Å². The molecule has 0 amide bonds. The van der Waals surface area contributed by atoms with Gasteiger partial charge in [0.2, 0.25) is 0 Å². The third-order valence-corrected chi connectivity index (χ3v) is 3.26. The van der Waals surface area contributed by atoms with Gasteiger partial charge in [0.15, 0.2) is 0 Å². The molecule has 0 radical (unpaired) electrons. The van der Waals surface area contributed by atoms with Gasteiger partial charge in [-0.25, -0.2) is 0 Å². The molecule has 0 aliphatic carbocycles. The van der Waals surface area contributed by atoms with Crippen molar-refractivity contribution in [3.63, 3.8) is 0 Å². The SMILES string of the molecule is COC1CCCN(Cc2nc(C)ccc2O)C1. The van der Waals surface area contributed by atoms with Crippen LogP contribution in [0.3, 0.4) is 0 Å². The molecule has 1 unspecified atom stereocenters. The molecule has 94 valence electrons. The fraction of sp³-hybridized carbons (Fsp3) is 0.615. The van der Waals surface area contributed by atoms with Gasteiger partial charge >= 0.3 is 0 Å². The summed E-state index contributed by atoms with van der Waals surface area (Å²) in [6.07, 6.45) is 2.58. The monoisotopic (exact) mass is 236 g/mol. The minimum atomic E-state index is 0.287. The maximum atomic E-state index is 9.77. The van der Waals surface area contributed by atoms with E-state index in [1.54, 1.807) is 13.2 Å². The van der Waals surface area contributed by atoms with Crippen molar-refractivity contribution in [1.82, 2.24) is 9.88 Å². The number of aromatic hydroxyl groups is 1. The first-order valence-corrected chi connectivity index (χ1v) is 6.09. The van der Waals surface area contributed by atoms with E-state index >= 15 is 0 Å². The van der Waals surface area contributed by atoms with Gasteiger partial charge in [-0.15, -0.1) is 0 Å². The van der Waals surface area contributed by atoms with Crippen molar-refractivity contribution < 1.29 is 9.84 Å². The number of likely N-dealkylation sites (tertiary alicyclic amines) is 1. The second-order valence-electron chi connectivity index (χ2n) is 4.65. The highest BCUT2D eigenvalue weighted by atomic mass is 16.5. The van der Waals surface area contributed by atoms with Crippen LogP contribution in [-0.4, -0.2) is 41.3 Å². The minimum Gasteiger partial charge on any atom is -0.506 e. The van der Waals surface area contributed by atoms with E-state index in [2.05, 4.69) is 9.88 Å². The Morgan fingerprint density at radius 1 is 1.53 bits per heavy atom. The van der Waals surface area contributed by atoms with Crippen LogP contribution in [0.2, 0.25) is 0 Å². The van der Waals surface area contributed by atoms with Gasteiger partial charge in [0.05, 0.1) is 11.8 Å². The molecule has 1 aromatic rings. The second kappa shape index (κ2) is 5.47. The van der Waals surface area contributed by atoms with E-state index in [1.165, 1.54) is 0 Å². The van der Waals surface area contributed by atoms with Crippen molar-refractivity contribution in [2.75, 3.05) is 20.2 Å². The van der Waals surface area contributed by atoms with Crippen molar-refractivity contribution in [1.29, 1.82) is 0 Å². The summed E-state index contributed by atoms with van der Waals surface area (Å²) in [5, 5.41) is 9.77. The predicted octanol–water partition coefficient (Wildman–Crippen LogP) is 1.71. The van der Waals surface area contributed by atoms with Gasteiger partial charge in [-0.2, -0.15) is 0 Å². The lowest BCUT2D eigenvalue weighted by Gasteiger charge is -2.31. The van der Waals surface area contributed by atoms with E-state index in [4.69, 9.17) is 4.74 Å². The van der Waals surface area contributed by atoms with E-state index in [-0.39, 0.29) is 5.75 Å². The molecule has 1 saturated heterocycles. The lowest BCUT2D eigenvalue weighted by Crippen LogP contribution is -2.38. The molecule has 4 heteroatoms. The number of methoxy groups -OCH3 is 1. The van der Waals surface area contributed by atoms with E-state index in [1.807, 2.05) is 13.0 Å². The van der Waals surface area contributed by atoms with Gasteiger partial charge in [-0.1, -0.05) is 0 Å². The zero-order valence-electron chi connectivity index (χ0n) is 10.5. The molecule has 1 aromatic heterocycles. The minimum absolute atomic E-state index is 0.287. The van der Waals surface area contributed by atoms with Crippen molar-refractivity contribution in [2.24, 2.45) is 0 Å². The summed E-state index contributed by atoms with van der Waals surface area (Å²) in [5.41, 5.74) is 1.71. The average Bonchev–Trinajstić information content (AvgIpc) is 2.34. The van der Waals surface area contributed by atoms with Gasteiger partial charge in [-0.3, -0.25) is 9.88 Å². The number of hydrogen-bond acceptors (Lipinski definition) is 4. The van der Waals surface area contributed by atoms with Crippen LogP contribution in [0.1, 0.15) is 24.2 Å². The summed E-state index contributed by atoms with van der Waals surface area (Å²) in [4.78, 5) is 6.68. The quantitative estimate of drug-likeness (QED) is 0.867. The van der Waals surface area contributed by atoms with E-state index < -0.39 is 0 Å². The van der Waals surface area contributed by atoms with Crippen LogP contribution < -0.4 is 0 Å². The summed E-state index contributed by atoms with van der Waals surface area (Å²) in [6.45, 7) is 4.62. The normalized spacial score (nSPS) is 21.6. The second-order valence-corrected chi connectivity index (χ2v) is 4.65. The van der Waals surface area contributed by atoms with Crippen molar-refractivity contribution in [3.05, 3.63) is 23.5 Å². The Morgan fingerprint density at radius 3 is 3.12 bits per heavy atom. The van der Waals surface area contributed by atoms with Crippen LogP contribution in [-0.2, 0) is 11.3 Å². The van der Waals surface area contributed by atoms with Crippen molar-refractivity contribution in [3.8, 4) is 5.75 Å². The van der Waals surface area contributed by atoms with E-state index in [9.17, 15) is 5.11 Å². The smallest absolute Gasteiger partial charge is 0.138 e. The number of rotatable bonds is 3. The molecule has 4 nitrogen and oxygen atoms in total.